The zero-order valence-corrected chi connectivity index (χ0v) is 17.3. The van der Waals surface area contributed by atoms with Gasteiger partial charge in [0.2, 0.25) is 0 Å². The Morgan fingerprint density at radius 3 is 2.67 bits per heavy atom. The molecule has 27 heavy (non-hydrogen) atoms. The number of hydrogen-bond donors (Lipinski definition) is 0. The van der Waals surface area contributed by atoms with Crippen LogP contribution in [0.15, 0.2) is 59.8 Å². The highest BCUT2D eigenvalue weighted by Gasteiger charge is 2.06. The molecule has 0 bridgehead atoms. The second-order valence-corrected chi connectivity index (χ2v) is 8.55. The number of pyridine rings is 1. The lowest BCUT2D eigenvalue weighted by Gasteiger charge is -2.12. The zero-order valence-electron chi connectivity index (χ0n) is 15.7. The Morgan fingerprint density at radius 2 is 1.89 bits per heavy atom. The van der Waals surface area contributed by atoms with E-state index in [9.17, 15) is 4.79 Å². The first kappa shape index (κ1) is 21.8. The van der Waals surface area contributed by atoms with Gasteiger partial charge in [0.15, 0.2) is 0 Å². The Morgan fingerprint density at radius 1 is 1.07 bits per heavy atom. The molecule has 0 radical (unpaired) electrons. The van der Waals surface area contributed by atoms with E-state index in [-0.39, 0.29) is 5.97 Å². The number of benzene rings is 1. The van der Waals surface area contributed by atoms with Gasteiger partial charge in [0.05, 0.1) is 6.61 Å². The fourth-order valence-electron chi connectivity index (χ4n) is 2.37. The van der Waals surface area contributed by atoms with E-state index < -0.39 is 0 Å². The van der Waals surface area contributed by atoms with Crippen LogP contribution in [0.3, 0.4) is 0 Å². The number of nitrogens with zero attached hydrogens (tertiary/aromatic N) is 1. The van der Waals surface area contributed by atoms with Crippen LogP contribution in [0.2, 0.25) is 0 Å². The van der Waals surface area contributed by atoms with Crippen molar-refractivity contribution in [3.8, 4) is 0 Å². The van der Waals surface area contributed by atoms with Crippen LogP contribution in [0.1, 0.15) is 37.7 Å². The summed E-state index contributed by atoms with van der Waals surface area (Å²) < 4.78 is 10.8. The Labute approximate surface area is 169 Å². The summed E-state index contributed by atoms with van der Waals surface area (Å²) in [6.07, 6.45) is 3.99. The van der Waals surface area contributed by atoms with E-state index in [2.05, 4.69) is 36.2 Å². The third kappa shape index (κ3) is 9.84. The molecule has 0 N–H and O–H groups in total. The zero-order chi connectivity index (χ0) is 19.2. The summed E-state index contributed by atoms with van der Waals surface area (Å²) in [4.78, 5) is 15.9. The lowest BCUT2D eigenvalue weighted by atomic mass is 9.98. The highest BCUT2D eigenvalue weighted by atomic mass is 33.1. The number of aromatic nitrogens is 1. The lowest BCUT2D eigenvalue weighted by Crippen LogP contribution is -2.11. The smallest absolute Gasteiger partial charge is 0.305 e. The van der Waals surface area contributed by atoms with Crippen LogP contribution < -0.4 is 0 Å². The molecule has 0 amide bonds. The Kier molecular flexibility index (Phi) is 11.0. The van der Waals surface area contributed by atoms with Crippen molar-refractivity contribution in [2.24, 2.45) is 0 Å². The molecule has 0 saturated carbocycles. The van der Waals surface area contributed by atoms with E-state index in [1.807, 2.05) is 24.3 Å². The van der Waals surface area contributed by atoms with E-state index >= 15 is 0 Å². The Balaban J connectivity index is 1.41. The van der Waals surface area contributed by atoms with Crippen molar-refractivity contribution in [2.75, 3.05) is 25.6 Å². The molecule has 0 saturated heterocycles. The minimum Gasteiger partial charge on any atom is -0.463 e. The van der Waals surface area contributed by atoms with E-state index in [0.717, 1.165) is 23.6 Å². The van der Waals surface area contributed by atoms with E-state index in [4.69, 9.17) is 9.47 Å². The van der Waals surface area contributed by atoms with Gasteiger partial charge in [-0.25, -0.2) is 4.98 Å². The van der Waals surface area contributed by atoms with Crippen molar-refractivity contribution < 1.29 is 14.3 Å². The molecule has 0 aliphatic rings. The van der Waals surface area contributed by atoms with E-state index in [0.29, 0.717) is 32.2 Å². The monoisotopic (exact) mass is 405 g/mol. The third-order valence-corrected chi connectivity index (χ3v) is 6.30. The van der Waals surface area contributed by atoms with Crippen molar-refractivity contribution in [2.45, 2.75) is 37.1 Å². The SMILES string of the molecule is CC(CCOCCOC(=O)CCCSSc1ccccn1)c1ccccc1. The molecule has 6 heteroatoms. The number of carbonyl (C=O) groups is 1. The van der Waals surface area contributed by atoms with Crippen LogP contribution in [0, 0.1) is 0 Å². The fraction of sp³-hybridized carbons (Fsp3) is 0.429. The van der Waals surface area contributed by atoms with Gasteiger partial charge in [-0.05, 0) is 47.2 Å². The highest BCUT2D eigenvalue weighted by Crippen LogP contribution is 2.29. The average Bonchev–Trinajstić information content (AvgIpc) is 2.71. The summed E-state index contributed by atoms with van der Waals surface area (Å²) in [5.41, 5.74) is 1.33. The standard InChI is InChI=1S/C21H27NO3S2/c1-18(19-8-3-2-4-9-19)12-14-24-15-16-25-21(23)11-7-17-26-27-20-10-5-6-13-22-20/h2-6,8-10,13,18H,7,11-12,14-17H2,1H3. The fourth-order valence-corrected chi connectivity index (χ4v) is 4.34. The Bertz CT molecular complexity index is 640. The average molecular weight is 406 g/mol. The molecule has 1 aromatic heterocycles. The number of ether oxygens (including phenoxy) is 2. The van der Waals surface area contributed by atoms with Gasteiger partial charge in [0, 0.05) is 25.0 Å². The molecule has 1 atom stereocenters. The molecule has 2 aromatic rings. The van der Waals surface area contributed by atoms with Crippen molar-refractivity contribution in [3.05, 3.63) is 60.3 Å². The van der Waals surface area contributed by atoms with E-state index in [1.54, 1.807) is 27.8 Å². The molecule has 146 valence electrons. The maximum atomic E-state index is 11.7. The van der Waals surface area contributed by atoms with Crippen LogP contribution in [0.25, 0.3) is 0 Å². The van der Waals surface area contributed by atoms with Gasteiger partial charge in [-0.1, -0.05) is 54.1 Å². The second kappa shape index (κ2) is 13.6. The van der Waals surface area contributed by atoms with Crippen LogP contribution in [0.5, 0.6) is 0 Å². The first-order valence-electron chi connectivity index (χ1n) is 9.24. The van der Waals surface area contributed by atoms with E-state index in [1.165, 1.54) is 5.56 Å². The molecular formula is C21H27NO3S2. The van der Waals surface area contributed by atoms with Crippen LogP contribution in [0.4, 0.5) is 0 Å². The van der Waals surface area contributed by atoms with Crippen LogP contribution >= 0.6 is 21.6 Å². The summed E-state index contributed by atoms with van der Waals surface area (Å²) in [6, 6.07) is 16.3. The number of hydrogen-bond acceptors (Lipinski definition) is 6. The maximum absolute atomic E-state index is 11.7. The number of esters is 1. The molecular weight excluding hydrogens is 378 g/mol. The molecule has 0 fully saturated rings. The van der Waals surface area contributed by atoms with Gasteiger partial charge >= 0.3 is 5.97 Å². The minimum absolute atomic E-state index is 0.153. The largest absolute Gasteiger partial charge is 0.463 e. The molecule has 0 spiro atoms. The van der Waals surface area contributed by atoms with Crippen molar-refractivity contribution >= 4 is 27.6 Å². The third-order valence-electron chi connectivity index (χ3n) is 3.95. The summed E-state index contributed by atoms with van der Waals surface area (Å²) in [5, 5.41) is 0.990. The quantitative estimate of drug-likeness (QED) is 0.254. The first-order chi connectivity index (χ1) is 13.3. The molecule has 2 rings (SSSR count). The van der Waals surface area contributed by atoms with Gasteiger partial charge in [-0.15, -0.1) is 0 Å². The van der Waals surface area contributed by atoms with Crippen molar-refractivity contribution in [3.63, 3.8) is 0 Å². The molecule has 4 nitrogen and oxygen atoms in total. The summed E-state index contributed by atoms with van der Waals surface area (Å²) in [6.45, 7) is 3.66. The highest BCUT2D eigenvalue weighted by molar-refractivity contribution is 8.76. The second-order valence-electron chi connectivity index (χ2n) is 6.11. The minimum atomic E-state index is -0.153. The normalized spacial score (nSPS) is 11.9. The first-order valence-corrected chi connectivity index (χ1v) is 11.6. The molecule has 1 unspecified atom stereocenters. The number of rotatable bonds is 13. The summed E-state index contributed by atoms with van der Waals surface area (Å²) >= 11 is 0. The van der Waals surface area contributed by atoms with Gasteiger partial charge in [0.1, 0.15) is 11.6 Å². The van der Waals surface area contributed by atoms with Crippen LogP contribution in [-0.4, -0.2) is 36.5 Å². The van der Waals surface area contributed by atoms with Gasteiger partial charge in [-0.2, -0.15) is 0 Å². The predicted molar refractivity (Wildman–Crippen MR) is 113 cm³/mol. The van der Waals surface area contributed by atoms with Gasteiger partial charge in [0.25, 0.3) is 0 Å². The predicted octanol–water partition coefficient (Wildman–Crippen LogP) is 5.36. The van der Waals surface area contributed by atoms with Crippen molar-refractivity contribution in [1.82, 2.24) is 4.98 Å². The van der Waals surface area contributed by atoms with Gasteiger partial charge in [-0.3, -0.25) is 4.79 Å². The summed E-state index contributed by atoms with van der Waals surface area (Å²) in [7, 11) is 3.34. The molecule has 1 aromatic carbocycles. The van der Waals surface area contributed by atoms with Gasteiger partial charge < -0.3 is 9.47 Å². The topological polar surface area (TPSA) is 48.4 Å². The molecule has 0 aliphatic carbocycles. The summed E-state index contributed by atoms with van der Waals surface area (Å²) in [5.74, 6) is 1.21. The molecule has 1 heterocycles. The Hall–Kier alpha value is -1.50. The lowest BCUT2D eigenvalue weighted by molar-refractivity contribution is -0.145. The number of carbonyl (C=O) groups excluding carboxylic acids is 1. The maximum Gasteiger partial charge on any atom is 0.305 e. The van der Waals surface area contributed by atoms with Crippen molar-refractivity contribution in [1.29, 1.82) is 0 Å². The van der Waals surface area contributed by atoms with Crippen LogP contribution in [-0.2, 0) is 14.3 Å². The molecule has 0 aliphatic heterocycles.